The van der Waals surface area contributed by atoms with Gasteiger partial charge in [0.05, 0.1) is 24.4 Å². The Labute approximate surface area is 177 Å². The largest absolute Gasteiger partial charge is 0.496 e. The number of aryl methyl sites for hydroxylation is 2. The van der Waals surface area contributed by atoms with E-state index in [9.17, 15) is 0 Å². The number of benzene rings is 1. The number of tetrazole rings is 1. The molecule has 29 heavy (non-hydrogen) atoms. The van der Waals surface area contributed by atoms with Gasteiger partial charge in [-0.3, -0.25) is 0 Å². The van der Waals surface area contributed by atoms with Crippen molar-refractivity contribution < 1.29 is 4.74 Å². The van der Waals surface area contributed by atoms with Crippen molar-refractivity contribution in [1.29, 1.82) is 0 Å². The molecule has 0 unspecified atom stereocenters. The van der Waals surface area contributed by atoms with E-state index in [4.69, 9.17) is 9.72 Å². The van der Waals surface area contributed by atoms with Crippen molar-refractivity contribution >= 4 is 11.3 Å². The van der Waals surface area contributed by atoms with Crippen LogP contribution in [0.25, 0.3) is 11.4 Å². The van der Waals surface area contributed by atoms with E-state index in [1.807, 2.05) is 19.1 Å². The van der Waals surface area contributed by atoms with Crippen LogP contribution in [0.5, 0.6) is 5.75 Å². The van der Waals surface area contributed by atoms with Crippen LogP contribution in [-0.4, -0.2) is 32.3 Å². The number of aromatic nitrogens is 5. The highest BCUT2D eigenvalue weighted by atomic mass is 32.1. The molecule has 0 N–H and O–H groups in total. The molecular formula is C22H31N5OS. The van der Waals surface area contributed by atoms with Crippen LogP contribution in [0.1, 0.15) is 69.6 Å². The normalized spacial score (nSPS) is 12.0. The predicted molar refractivity (Wildman–Crippen MR) is 118 cm³/mol. The quantitative estimate of drug-likeness (QED) is 0.479. The molecule has 7 heteroatoms. The summed E-state index contributed by atoms with van der Waals surface area (Å²) in [4.78, 5) is 6.47. The smallest absolute Gasteiger partial charge is 0.204 e. The zero-order valence-corrected chi connectivity index (χ0v) is 19.1. The summed E-state index contributed by atoms with van der Waals surface area (Å²) < 4.78 is 5.59. The van der Waals surface area contributed by atoms with Gasteiger partial charge in [-0.05, 0) is 55.2 Å². The lowest BCUT2D eigenvalue weighted by Crippen LogP contribution is -2.18. The number of ether oxygens (including phenoxy) is 1. The first-order valence-corrected chi connectivity index (χ1v) is 11.1. The van der Waals surface area contributed by atoms with Gasteiger partial charge in [-0.25, -0.2) is 4.98 Å². The number of hydrogen-bond donors (Lipinski definition) is 0. The topological polar surface area (TPSA) is 65.7 Å². The molecule has 0 radical (unpaired) electrons. The van der Waals surface area contributed by atoms with Crippen molar-refractivity contribution in [2.75, 3.05) is 7.11 Å². The van der Waals surface area contributed by atoms with Crippen LogP contribution >= 0.6 is 11.3 Å². The molecule has 2 heterocycles. The van der Waals surface area contributed by atoms with Gasteiger partial charge < -0.3 is 4.74 Å². The summed E-state index contributed by atoms with van der Waals surface area (Å²) in [5.74, 6) is 2.04. The fraction of sp³-hybridized carbons (Fsp3) is 0.545. The summed E-state index contributed by atoms with van der Waals surface area (Å²) >= 11 is 1.77. The average molecular weight is 414 g/mol. The Morgan fingerprint density at radius 1 is 1.24 bits per heavy atom. The molecule has 0 bridgehead atoms. The Bertz CT molecular complexity index is 944. The molecule has 0 saturated heterocycles. The summed E-state index contributed by atoms with van der Waals surface area (Å²) in [5.41, 5.74) is 3.41. The minimum Gasteiger partial charge on any atom is -0.496 e. The van der Waals surface area contributed by atoms with Crippen molar-refractivity contribution in [3.8, 4) is 17.1 Å². The van der Waals surface area contributed by atoms with Gasteiger partial charge >= 0.3 is 0 Å². The highest BCUT2D eigenvalue weighted by Crippen LogP contribution is 2.33. The van der Waals surface area contributed by atoms with Crippen molar-refractivity contribution in [1.82, 2.24) is 25.2 Å². The maximum Gasteiger partial charge on any atom is 0.204 e. The second-order valence-corrected chi connectivity index (χ2v) is 9.18. The molecule has 0 aliphatic heterocycles. The van der Waals surface area contributed by atoms with E-state index in [1.165, 1.54) is 16.3 Å². The van der Waals surface area contributed by atoms with Crippen LogP contribution < -0.4 is 4.74 Å². The molecule has 0 saturated carbocycles. The van der Waals surface area contributed by atoms with E-state index in [0.29, 0.717) is 18.3 Å². The number of thiazole rings is 1. The van der Waals surface area contributed by atoms with E-state index >= 15 is 0 Å². The SMILES string of the molecule is CCn1nnc(-c2ccc(OC)c(CCCC(C)(C)c3csc(C(C)C)n3)c2)n1. The van der Waals surface area contributed by atoms with Gasteiger partial charge in [-0.1, -0.05) is 27.7 Å². The van der Waals surface area contributed by atoms with Gasteiger partial charge in [0.15, 0.2) is 0 Å². The molecule has 3 aromatic rings. The molecule has 0 spiro atoms. The molecule has 0 amide bonds. The third kappa shape index (κ3) is 5.01. The minimum absolute atomic E-state index is 0.0554. The zero-order valence-electron chi connectivity index (χ0n) is 18.3. The zero-order chi connectivity index (χ0) is 21.0. The highest BCUT2D eigenvalue weighted by Gasteiger charge is 2.24. The first-order chi connectivity index (χ1) is 13.8. The molecule has 156 valence electrons. The van der Waals surface area contributed by atoms with Crippen LogP contribution in [0, 0.1) is 0 Å². The molecule has 2 aromatic heterocycles. The van der Waals surface area contributed by atoms with Gasteiger partial charge in [0.1, 0.15) is 5.75 Å². The number of hydrogen-bond acceptors (Lipinski definition) is 6. The number of rotatable bonds is 9. The van der Waals surface area contributed by atoms with Gasteiger partial charge in [0, 0.05) is 22.3 Å². The minimum atomic E-state index is 0.0554. The number of nitrogens with zero attached hydrogens (tertiary/aromatic N) is 5. The first kappa shape index (κ1) is 21.4. The third-order valence-electron chi connectivity index (χ3n) is 5.23. The third-order valence-corrected chi connectivity index (χ3v) is 6.38. The van der Waals surface area contributed by atoms with E-state index in [2.05, 4.69) is 54.6 Å². The molecule has 3 rings (SSSR count). The summed E-state index contributed by atoms with van der Waals surface area (Å²) in [6, 6.07) is 6.12. The van der Waals surface area contributed by atoms with E-state index in [0.717, 1.165) is 30.6 Å². The van der Waals surface area contributed by atoms with Crippen molar-refractivity contribution in [2.45, 2.75) is 71.8 Å². The monoisotopic (exact) mass is 413 g/mol. The Hall–Kier alpha value is -2.28. The second kappa shape index (κ2) is 9.03. The maximum atomic E-state index is 5.59. The molecule has 0 atom stereocenters. The van der Waals surface area contributed by atoms with Crippen molar-refractivity contribution in [3.63, 3.8) is 0 Å². The standard InChI is InChI=1S/C22H31N5OS/c1-7-27-25-20(24-26-27)17-10-11-18(28-6)16(13-17)9-8-12-22(4,5)19-14-29-21(23-19)15(2)3/h10-11,13-15H,7-9,12H2,1-6H3. The Balaban J connectivity index is 1.70. The van der Waals surface area contributed by atoms with Gasteiger partial charge in [-0.2, -0.15) is 4.80 Å². The van der Waals surface area contributed by atoms with Crippen molar-refractivity contribution in [2.24, 2.45) is 0 Å². The number of methoxy groups -OCH3 is 1. The average Bonchev–Trinajstić information content (AvgIpc) is 3.38. The van der Waals surface area contributed by atoms with E-state index in [-0.39, 0.29) is 5.41 Å². The van der Waals surface area contributed by atoms with Crippen LogP contribution in [0.4, 0.5) is 0 Å². The van der Waals surface area contributed by atoms with Gasteiger partial charge in [-0.15, -0.1) is 21.5 Å². The fourth-order valence-corrected chi connectivity index (χ4v) is 4.35. The van der Waals surface area contributed by atoms with Crippen molar-refractivity contribution in [3.05, 3.63) is 39.8 Å². The Morgan fingerprint density at radius 3 is 2.66 bits per heavy atom. The molecule has 0 aliphatic carbocycles. The predicted octanol–water partition coefficient (Wildman–Crippen LogP) is 5.25. The lowest BCUT2D eigenvalue weighted by Gasteiger charge is -2.22. The van der Waals surface area contributed by atoms with Crippen LogP contribution in [0.3, 0.4) is 0 Å². The Morgan fingerprint density at radius 2 is 2.03 bits per heavy atom. The second-order valence-electron chi connectivity index (χ2n) is 8.29. The Kier molecular flexibility index (Phi) is 6.67. The molecule has 0 aliphatic rings. The maximum absolute atomic E-state index is 5.59. The highest BCUT2D eigenvalue weighted by molar-refractivity contribution is 7.09. The van der Waals surface area contributed by atoms with E-state index < -0.39 is 0 Å². The summed E-state index contributed by atoms with van der Waals surface area (Å²) in [7, 11) is 1.72. The molecule has 0 fully saturated rings. The van der Waals surface area contributed by atoms with E-state index in [1.54, 1.807) is 23.2 Å². The van der Waals surface area contributed by atoms with Crippen LogP contribution in [0.15, 0.2) is 23.6 Å². The van der Waals surface area contributed by atoms with Gasteiger partial charge in [0.25, 0.3) is 0 Å². The first-order valence-electron chi connectivity index (χ1n) is 10.2. The lowest BCUT2D eigenvalue weighted by molar-refractivity contribution is 0.405. The van der Waals surface area contributed by atoms with Crippen LogP contribution in [0.2, 0.25) is 0 Å². The van der Waals surface area contributed by atoms with Gasteiger partial charge in [0.2, 0.25) is 5.82 Å². The summed E-state index contributed by atoms with van der Waals surface area (Å²) in [6.07, 6.45) is 3.05. The molecular weight excluding hydrogens is 382 g/mol. The molecule has 6 nitrogen and oxygen atoms in total. The van der Waals surface area contributed by atoms with Crippen LogP contribution in [-0.2, 0) is 18.4 Å². The lowest BCUT2D eigenvalue weighted by atomic mass is 9.83. The summed E-state index contributed by atoms with van der Waals surface area (Å²) in [5, 5.41) is 16.1. The summed E-state index contributed by atoms with van der Waals surface area (Å²) in [6.45, 7) is 11.7. The fourth-order valence-electron chi connectivity index (χ4n) is 3.32. The molecule has 1 aromatic carbocycles.